The number of nitrogens with zero attached hydrogens (tertiary/aromatic N) is 1. The quantitative estimate of drug-likeness (QED) is 0.795. The summed E-state index contributed by atoms with van der Waals surface area (Å²) >= 11 is 4.82. The normalized spacial score (nSPS) is 20.4. The molecule has 0 saturated carbocycles. The summed E-state index contributed by atoms with van der Waals surface area (Å²) in [6, 6.07) is 4.92. The minimum absolute atomic E-state index is 0.00336. The van der Waals surface area contributed by atoms with Crippen molar-refractivity contribution in [3.05, 3.63) is 35.1 Å². The van der Waals surface area contributed by atoms with Crippen molar-refractivity contribution in [1.29, 1.82) is 0 Å². The maximum atomic E-state index is 14.2. The SMILES string of the molecule is NC(=S)c1cccc(CN2CCOCC2CO)c1F. The Kier molecular flexibility index (Phi) is 4.81. The van der Waals surface area contributed by atoms with Crippen LogP contribution in [0, 0.1) is 5.82 Å². The molecule has 0 spiro atoms. The van der Waals surface area contributed by atoms with Crippen LogP contribution in [0.4, 0.5) is 4.39 Å². The third-order valence-corrected chi connectivity index (χ3v) is 3.50. The summed E-state index contributed by atoms with van der Waals surface area (Å²) in [7, 11) is 0. The van der Waals surface area contributed by atoms with Crippen molar-refractivity contribution in [1.82, 2.24) is 4.90 Å². The van der Waals surface area contributed by atoms with E-state index in [9.17, 15) is 9.50 Å². The van der Waals surface area contributed by atoms with E-state index in [0.717, 1.165) is 0 Å². The highest BCUT2D eigenvalue weighted by Crippen LogP contribution is 2.17. The first-order chi connectivity index (χ1) is 9.13. The van der Waals surface area contributed by atoms with Gasteiger partial charge < -0.3 is 15.6 Å². The fourth-order valence-corrected chi connectivity index (χ4v) is 2.33. The van der Waals surface area contributed by atoms with E-state index >= 15 is 0 Å². The molecule has 1 atom stereocenters. The summed E-state index contributed by atoms with van der Waals surface area (Å²) in [6.07, 6.45) is 0. The lowest BCUT2D eigenvalue weighted by Crippen LogP contribution is -2.47. The topological polar surface area (TPSA) is 58.7 Å². The van der Waals surface area contributed by atoms with Crippen LogP contribution in [0.5, 0.6) is 0 Å². The Labute approximate surface area is 117 Å². The van der Waals surface area contributed by atoms with E-state index in [2.05, 4.69) is 0 Å². The van der Waals surface area contributed by atoms with Gasteiger partial charge in [0.2, 0.25) is 0 Å². The van der Waals surface area contributed by atoms with Gasteiger partial charge in [0.1, 0.15) is 10.8 Å². The molecule has 1 fully saturated rings. The van der Waals surface area contributed by atoms with Gasteiger partial charge in [0.25, 0.3) is 0 Å². The van der Waals surface area contributed by atoms with Gasteiger partial charge >= 0.3 is 0 Å². The molecule has 1 aromatic rings. The zero-order valence-electron chi connectivity index (χ0n) is 10.5. The lowest BCUT2D eigenvalue weighted by atomic mass is 10.1. The molecule has 1 saturated heterocycles. The van der Waals surface area contributed by atoms with Gasteiger partial charge in [0.15, 0.2) is 0 Å². The number of rotatable bonds is 4. The summed E-state index contributed by atoms with van der Waals surface area (Å²) in [4.78, 5) is 2.06. The predicted molar refractivity (Wildman–Crippen MR) is 74.4 cm³/mol. The molecular weight excluding hydrogens is 267 g/mol. The van der Waals surface area contributed by atoms with E-state index in [1.54, 1.807) is 18.2 Å². The lowest BCUT2D eigenvalue weighted by Gasteiger charge is -2.34. The Balaban J connectivity index is 2.18. The molecule has 6 heteroatoms. The van der Waals surface area contributed by atoms with Crippen LogP contribution in [-0.4, -0.2) is 47.4 Å². The van der Waals surface area contributed by atoms with E-state index in [1.807, 2.05) is 4.90 Å². The van der Waals surface area contributed by atoms with Crippen LogP contribution in [0.25, 0.3) is 0 Å². The first kappa shape index (κ1) is 14.3. The molecule has 0 bridgehead atoms. The van der Waals surface area contributed by atoms with Crippen LogP contribution in [0.3, 0.4) is 0 Å². The van der Waals surface area contributed by atoms with E-state index in [0.29, 0.717) is 31.9 Å². The zero-order chi connectivity index (χ0) is 13.8. The fourth-order valence-electron chi connectivity index (χ4n) is 2.18. The van der Waals surface area contributed by atoms with Crippen molar-refractivity contribution in [2.75, 3.05) is 26.4 Å². The Hall–Kier alpha value is -1.08. The van der Waals surface area contributed by atoms with Gasteiger partial charge in [-0.2, -0.15) is 0 Å². The second-order valence-electron chi connectivity index (χ2n) is 4.52. The van der Waals surface area contributed by atoms with E-state index in [1.165, 1.54) is 0 Å². The molecule has 1 aromatic carbocycles. The Morgan fingerprint density at radius 2 is 2.37 bits per heavy atom. The minimum Gasteiger partial charge on any atom is -0.395 e. The smallest absolute Gasteiger partial charge is 0.137 e. The summed E-state index contributed by atoms with van der Waals surface area (Å²) in [5.74, 6) is -0.377. The van der Waals surface area contributed by atoms with Crippen molar-refractivity contribution in [3.8, 4) is 0 Å². The lowest BCUT2D eigenvalue weighted by molar-refractivity contribution is -0.0316. The molecule has 1 aliphatic heterocycles. The number of aliphatic hydroxyl groups excluding tert-OH is 1. The minimum atomic E-state index is -0.377. The largest absolute Gasteiger partial charge is 0.395 e. The Bertz CT molecular complexity index is 470. The van der Waals surface area contributed by atoms with Crippen LogP contribution < -0.4 is 5.73 Å². The van der Waals surface area contributed by atoms with Gasteiger partial charge in [-0.05, 0) is 6.07 Å². The number of benzene rings is 1. The number of nitrogens with two attached hydrogens (primary N) is 1. The van der Waals surface area contributed by atoms with Crippen LogP contribution in [0.15, 0.2) is 18.2 Å². The number of morpholine rings is 1. The van der Waals surface area contributed by atoms with E-state index in [4.69, 9.17) is 22.7 Å². The van der Waals surface area contributed by atoms with Gasteiger partial charge in [-0.1, -0.05) is 24.4 Å². The zero-order valence-corrected chi connectivity index (χ0v) is 11.3. The van der Waals surface area contributed by atoms with Crippen LogP contribution >= 0.6 is 12.2 Å². The molecule has 1 heterocycles. The molecule has 2 rings (SSSR count). The van der Waals surface area contributed by atoms with E-state index < -0.39 is 0 Å². The first-order valence-electron chi connectivity index (χ1n) is 6.13. The van der Waals surface area contributed by atoms with Gasteiger partial charge in [0, 0.05) is 24.2 Å². The summed E-state index contributed by atoms with van der Waals surface area (Å²) < 4.78 is 19.5. The summed E-state index contributed by atoms with van der Waals surface area (Å²) in [6.45, 7) is 2.13. The molecular formula is C13H17FN2O2S. The molecule has 1 unspecified atom stereocenters. The predicted octanol–water partition coefficient (Wildman–Crippen LogP) is 0.653. The fraction of sp³-hybridized carbons (Fsp3) is 0.462. The van der Waals surface area contributed by atoms with Crippen LogP contribution in [0.1, 0.15) is 11.1 Å². The Morgan fingerprint density at radius 1 is 1.58 bits per heavy atom. The number of ether oxygens (including phenoxy) is 1. The number of hydrogen-bond acceptors (Lipinski definition) is 4. The molecule has 3 N–H and O–H groups in total. The maximum Gasteiger partial charge on any atom is 0.137 e. The number of hydrogen-bond donors (Lipinski definition) is 2. The Morgan fingerprint density at radius 3 is 3.05 bits per heavy atom. The third-order valence-electron chi connectivity index (χ3n) is 3.28. The van der Waals surface area contributed by atoms with Gasteiger partial charge in [-0.3, -0.25) is 4.90 Å². The highest BCUT2D eigenvalue weighted by Gasteiger charge is 2.23. The molecule has 1 aliphatic rings. The highest BCUT2D eigenvalue weighted by atomic mass is 32.1. The molecule has 0 aromatic heterocycles. The highest BCUT2D eigenvalue weighted by molar-refractivity contribution is 7.80. The van der Waals surface area contributed by atoms with Crippen molar-refractivity contribution in [2.45, 2.75) is 12.6 Å². The molecule has 0 amide bonds. The van der Waals surface area contributed by atoms with E-state index in [-0.39, 0.29) is 29.0 Å². The molecule has 19 heavy (non-hydrogen) atoms. The summed E-state index contributed by atoms with van der Waals surface area (Å²) in [5.41, 5.74) is 6.29. The summed E-state index contributed by atoms with van der Waals surface area (Å²) in [5, 5.41) is 9.30. The molecule has 0 aliphatic carbocycles. The van der Waals surface area contributed by atoms with Gasteiger partial charge in [-0.25, -0.2) is 4.39 Å². The number of thiocarbonyl (C=S) groups is 1. The molecule has 0 radical (unpaired) electrons. The average Bonchev–Trinajstić information content (AvgIpc) is 2.41. The second kappa shape index (κ2) is 6.38. The van der Waals surface area contributed by atoms with Crippen molar-refractivity contribution in [2.24, 2.45) is 5.73 Å². The molecule has 4 nitrogen and oxygen atoms in total. The monoisotopic (exact) mass is 284 g/mol. The van der Waals surface area contributed by atoms with Crippen LogP contribution in [0.2, 0.25) is 0 Å². The second-order valence-corrected chi connectivity index (χ2v) is 4.96. The van der Waals surface area contributed by atoms with Crippen molar-refractivity contribution >= 4 is 17.2 Å². The van der Waals surface area contributed by atoms with Crippen molar-refractivity contribution < 1.29 is 14.2 Å². The molecule has 104 valence electrons. The number of halogens is 1. The van der Waals surface area contributed by atoms with Crippen molar-refractivity contribution in [3.63, 3.8) is 0 Å². The maximum absolute atomic E-state index is 14.2. The number of aliphatic hydroxyl groups is 1. The standard InChI is InChI=1S/C13H17FN2O2S/c14-12-9(2-1-3-11(12)13(15)19)6-16-4-5-18-8-10(16)7-17/h1-3,10,17H,4-8H2,(H2,15,19). The van der Waals surface area contributed by atoms with Crippen LogP contribution in [-0.2, 0) is 11.3 Å². The van der Waals surface area contributed by atoms with Gasteiger partial charge in [-0.15, -0.1) is 0 Å². The third kappa shape index (κ3) is 3.27. The van der Waals surface area contributed by atoms with Gasteiger partial charge in [0.05, 0.1) is 25.9 Å². The first-order valence-corrected chi connectivity index (χ1v) is 6.54. The average molecular weight is 284 g/mol.